The van der Waals surface area contributed by atoms with Crippen LogP contribution in [0.3, 0.4) is 0 Å². The molecule has 0 saturated carbocycles. The van der Waals surface area contributed by atoms with E-state index >= 15 is 0 Å². The highest BCUT2D eigenvalue weighted by molar-refractivity contribution is 7.90. The van der Waals surface area contributed by atoms with E-state index < -0.39 is 11.4 Å². The largest absolute Gasteiger partial charge is 0.598 e. The Kier molecular flexibility index (Phi) is 3.54. The van der Waals surface area contributed by atoms with Crippen LogP contribution in [0.1, 0.15) is 27.7 Å². The number of rotatable bonds is 2. The van der Waals surface area contributed by atoms with Crippen LogP contribution in [-0.2, 0) is 11.4 Å². The zero-order valence-electron chi connectivity index (χ0n) is 6.39. The SMILES string of the molecule is C[CH]N[S@@+]([O-])C(C)(C)C. The second kappa shape index (κ2) is 3.44. The molecule has 2 nitrogen and oxygen atoms in total. The third-order valence-corrected chi connectivity index (χ3v) is 2.34. The predicted octanol–water partition coefficient (Wildman–Crippen LogP) is 1.22. The average molecular weight is 148 g/mol. The van der Waals surface area contributed by atoms with Gasteiger partial charge in [0.1, 0.15) is 4.75 Å². The number of hydrogen-bond acceptors (Lipinski definition) is 2. The molecule has 0 aliphatic carbocycles. The molecule has 0 unspecified atom stereocenters. The van der Waals surface area contributed by atoms with Crippen LogP contribution in [0, 0.1) is 6.54 Å². The van der Waals surface area contributed by atoms with Crippen molar-refractivity contribution in [2.75, 3.05) is 0 Å². The minimum atomic E-state index is -0.943. The van der Waals surface area contributed by atoms with E-state index in [1.807, 2.05) is 27.7 Å². The van der Waals surface area contributed by atoms with Crippen LogP contribution in [0.25, 0.3) is 0 Å². The Morgan fingerprint density at radius 1 is 1.44 bits per heavy atom. The highest BCUT2D eigenvalue weighted by Gasteiger charge is 2.25. The van der Waals surface area contributed by atoms with Gasteiger partial charge in [-0.3, -0.25) is 0 Å². The van der Waals surface area contributed by atoms with Crippen LogP contribution in [0.2, 0.25) is 0 Å². The van der Waals surface area contributed by atoms with Crippen LogP contribution in [0.5, 0.6) is 0 Å². The predicted molar refractivity (Wildman–Crippen MR) is 41.0 cm³/mol. The van der Waals surface area contributed by atoms with Crippen LogP contribution in [0.4, 0.5) is 0 Å². The fourth-order valence-electron chi connectivity index (χ4n) is 0.284. The van der Waals surface area contributed by atoms with Crippen molar-refractivity contribution >= 4 is 11.4 Å². The molecule has 1 atom stereocenters. The highest BCUT2D eigenvalue weighted by Crippen LogP contribution is 2.12. The lowest BCUT2D eigenvalue weighted by atomic mass is 10.3. The lowest BCUT2D eigenvalue weighted by molar-refractivity contribution is 0.551. The second-order valence-corrected chi connectivity index (χ2v) is 4.79. The molecule has 0 aliphatic rings. The molecule has 0 amide bonds. The van der Waals surface area contributed by atoms with Gasteiger partial charge in [-0.1, -0.05) is 0 Å². The molecule has 0 aromatic heterocycles. The fourth-order valence-corrected chi connectivity index (χ4v) is 0.851. The first-order valence-corrected chi connectivity index (χ1v) is 4.09. The van der Waals surface area contributed by atoms with Gasteiger partial charge in [-0.2, -0.15) is 0 Å². The van der Waals surface area contributed by atoms with Gasteiger partial charge < -0.3 is 4.55 Å². The summed E-state index contributed by atoms with van der Waals surface area (Å²) in [5.41, 5.74) is 0. The third-order valence-electron chi connectivity index (χ3n) is 0.781. The van der Waals surface area contributed by atoms with Gasteiger partial charge in [0.25, 0.3) is 0 Å². The molecule has 0 heterocycles. The van der Waals surface area contributed by atoms with Crippen LogP contribution >= 0.6 is 0 Å². The fraction of sp³-hybridized carbons (Fsp3) is 0.833. The smallest absolute Gasteiger partial charge is 0.136 e. The molecule has 0 rings (SSSR count). The Bertz CT molecular complexity index is 79.6. The van der Waals surface area contributed by atoms with Crippen molar-refractivity contribution in [2.24, 2.45) is 0 Å². The van der Waals surface area contributed by atoms with Gasteiger partial charge in [0, 0.05) is 11.4 Å². The van der Waals surface area contributed by atoms with Crippen molar-refractivity contribution in [1.29, 1.82) is 0 Å². The van der Waals surface area contributed by atoms with Gasteiger partial charge in [-0.05, 0) is 27.7 Å². The Hall–Kier alpha value is 0.270. The molecule has 0 aromatic carbocycles. The molecule has 1 N–H and O–H groups in total. The van der Waals surface area contributed by atoms with E-state index in [2.05, 4.69) is 4.72 Å². The van der Waals surface area contributed by atoms with Crippen molar-refractivity contribution in [3.05, 3.63) is 6.54 Å². The maximum Gasteiger partial charge on any atom is 0.136 e. The lowest BCUT2D eigenvalue weighted by Crippen LogP contribution is -2.37. The van der Waals surface area contributed by atoms with Crippen LogP contribution < -0.4 is 4.72 Å². The summed E-state index contributed by atoms with van der Waals surface area (Å²) in [5, 5.41) is 0. The monoisotopic (exact) mass is 148 g/mol. The van der Waals surface area contributed by atoms with E-state index in [0.29, 0.717) is 0 Å². The van der Waals surface area contributed by atoms with E-state index in [-0.39, 0.29) is 4.75 Å². The zero-order valence-corrected chi connectivity index (χ0v) is 7.21. The van der Waals surface area contributed by atoms with E-state index in [0.717, 1.165) is 0 Å². The summed E-state index contributed by atoms with van der Waals surface area (Å²) < 4.78 is 13.6. The van der Waals surface area contributed by atoms with E-state index in [1.54, 1.807) is 6.54 Å². The second-order valence-electron chi connectivity index (χ2n) is 2.79. The molecule has 0 aliphatic heterocycles. The Balaban J connectivity index is 3.59. The van der Waals surface area contributed by atoms with Gasteiger partial charge in [0.2, 0.25) is 0 Å². The summed E-state index contributed by atoms with van der Waals surface area (Å²) in [6.07, 6.45) is 0. The molecule has 0 fully saturated rings. The molecular formula is C6H14NOS. The van der Waals surface area contributed by atoms with Crippen molar-refractivity contribution in [3.63, 3.8) is 0 Å². The Morgan fingerprint density at radius 3 is 2.00 bits per heavy atom. The van der Waals surface area contributed by atoms with Crippen LogP contribution in [-0.4, -0.2) is 9.30 Å². The number of nitrogens with one attached hydrogen (secondary N) is 1. The van der Waals surface area contributed by atoms with Crippen molar-refractivity contribution in [1.82, 2.24) is 4.72 Å². The van der Waals surface area contributed by atoms with Gasteiger partial charge in [-0.15, -0.1) is 4.72 Å². The maximum absolute atomic E-state index is 11.0. The standard InChI is InChI=1S/C6H14NOS/c1-5-7-9(8)6(2,3)4/h5,7H,1-4H3/t9-/m0/s1. The average Bonchev–Trinajstić information content (AvgIpc) is 1.64. The summed E-state index contributed by atoms with van der Waals surface area (Å²) in [7, 11) is 0. The van der Waals surface area contributed by atoms with Gasteiger partial charge in [-0.25, -0.2) is 0 Å². The topological polar surface area (TPSA) is 35.1 Å². The van der Waals surface area contributed by atoms with Gasteiger partial charge in [0.15, 0.2) is 0 Å². The van der Waals surface area contributed by atoms with Crippen LogP contribution in [0.15, 0.2) is 0 Å². The molecule has 0 spiro atoms. The Morgan fingerprint density at radius 2 is 1.89 bits per heavy atom. The molecule has 9 heavy (non-hydrogen) atoms. The maximum atomic E-state index is 11.0. The quantitative estimate of drug-likeness (QED) is 0.598. The summed E-state index contributed by atoms with van der Waals surface area (Å²) in [5.74, 6) is 0. The molecule has 0 saturated heterocycles. The van der Waals surface area contributed by atoms with Gasteiger partial charge >= 0.3 is 0 Å². The molecule has 1 radical (unpaired) electrons. The minimum absolute atomic E-state index is 0.160. The first kappa shape index (κ1) is 9.27. The minimum Gasteiger partial charge on any atom is -0.598 e. The molecular weight excluding hydrogens is 134 g/mol. The zero-order chi connectivity index (χ0) is 7.49. The highest BCUT2D eigenvalue weighted by atomic mass is 32.2. The normalized spacial score (nSPS) is 15.7. The molecule has 0 aromatic rings. The molecule has 3 heteroatoms. The van der Waals surface area contributed by atoms with E-state index in [4.69, 9.17) is 0 Å². The third kappa shape index (κ3) is 3.78. The van der Waals surface area contributed by atoms with Crippen molar-refractivity contribution in [2.45, 2.75) is 32.4 Å². The molecule has 0 bridgehead atoms. The van der Waals surface area contributed by atoms with Crippen molar-refractivity contribution < 1.29 is 4.55 Å². The van der Waals surface area contributed by atoms with E-state index in [1.165, 1.54) is 0 Å². The van der Waals surface area contributed by atoms with E-state index in [9.17, 15) is 4.55 Å². The lowest BCUT2D eigenvalue weighted by Gasteiger charge is -2.22. The summed E-state index contributed by atoms with van der Waals surface area (Å²) in [4.78, 5) is 0. The number of hydrogen-bond donors (Lipinski definition) is 1. The first-order valence-electron chi connectivity index (χ1n) is 2.94. The first-order chi connectivity index (χ1) is 3.98. The van der Waals surface area contributed by atoms with Gasteiger partial charge in [0.05, 0.1) is 6.54 Å². The summed E-state index contributed by atoms with van der Waals surface area (Å²) >= 11 is -0.943. The molecule has 55 valence electrons. The Labute approximate surface area is 60.3 Å². The van der Waals surface area contributed by atoms with Crippen molar-refractivity contribution in [3.8, 4) is 0 Å². The summed E-state index contributed by atoms with van der Waals surface area (Å²) in [6.45, 7) is 9.31. The summed E-state index contributed by atoms with van der Waals surface area (Å²) in [6, 6.07) is 0.